The van der Waals surface area contributed by atoms with E-state index >= 15 is 0 Å². The smallest absolute Gasteiger partial charge is 0.335 e. The summed E-state index contributed by atoms with van der Waals surface area (Å²) >= 11 is 0. The molecule has 6 nitrogen and oxygen atoms in total. The van der Waals surface area contributed by atoms with Crippen molar-refractivity contribution < 1.29 is 19.8 Å². The molecule has 138 valence electrons. The Hall–Kier alpha value is -2.86. The van der Waals surface area contributed by atoms with Crippen LogP contribution < -0.4 is 10.6 Å². The summed E-state index contributed by atoms with van der Waals surface area (Å²) in [5.41, 5.74) is 2.91. The molecule has 0 bridgehead atoms. The quantitative estimate of drug-likeness (QED) is 0.553. The lowest BCUT2D eigenvalue weighted by Gasteiger charge is -2.14. The van der Waals surface area contributed by atoms with E-state index in [1.807, 2.05) is 37.3 Å². The first kappa shape index (κ1) is 19.5. The molecular formula is C20H24N2O4. The molecule has 26 heavy (non-hydrogen) atoms. The third-order valence-corrected chi connectivity index (χ3v) is 4.07. The molecule has 4 N–H and O–H groups in total. The minimum absolute atomic E-state index is 0.0613. The number of hydrogen-bond donors (Lipinski definition) is 4. The lowest BCUT2D eigenvalue weighted by atomic mass is 10.1. The fourth-order valence-electron chi connectivity index (χ4n) is 2.50. The van der Waals surface area contributed by atoms with Crippen molar-refractivity contribution in [1.29, 1.82) is 0 Å². The van der Waals surface area contributed by atoms with Gasteiger partial charge in [-0.3, -0.25) is 4.79 Å². The molecule has 2 aromatic carbocycles. The van der Waals surface area contributed by atoms with Crippen molar-refractivity contribution >= 4 is 17.6 Å². The molecule has 0 aliphatic rings. The second kappa shape index (κ2) is 9.58. The number of anilines is 1. The van der Waals surface area contributed by atoms with Gasteiger partial charge in [-0.2, -0.15) is 0 Å². The average Bonchev–Trinajstić information content (AvgIpc) is 2.65. The van der Waals surface area contributed by atoms with E-state index in [2.05, 4.69) is 10.6 Å². The third-order valence-electron chi connectivity index (χ3n) is 4.07. The highest BCUT2D eigenvalue weighted by molar-refractivity contribution is 5.87. The number of amides is 1. The van der Waals surface area contributed by atoms with E-state index in [4.69, 9.17) is 10.2 Å². The lowest BCUT2D eigenvalue weighted by molar-refractivity contribution is -0.121. The Morgan fingerprint density at radius 1 is 1.08 bits per heavy atom. The Bertz CT molecular complexity index is 740. The van der Waals surface area contributed by atoms with E-state index in [1.165, 1.54) is 0 Å². The Labute approximate surface area is 152 Å². The average molecular weight is 356 g/mol. The van der Waals surface area contributed by atoms with E-state index in [-0.39, 0.29) is 30.5 Å². The van der Waals surface area contributed by atoms with Crippen molar-refractivity contribution in [2.24, 2.45) is 0 Å². The molecule has 0 heterocycles. The van der Waals surface area contributed by atoms with Crippen LogP contribution in [0.5, 0.6) is 0 Å². The van der Waals surface area contributed by atoms with Crippen molar-refractivity contribution in [1.82, 2.24) is 5.32 Å². The Kier molecular flexibility index (Phi) is 7.17. The SMILES string of the molecule is CCC(CO)NC(=O)Cc1ccc(NCc2cccc(C(=O)O)c2)cc1. The zero-order valence-electron chi connectivity index (χ0n) is 14.7. The first-order chi connectivity index (χ1) is 12.5. The van der Waals surface area contributed by atoms with Gasteiger partial charge in [0.2, 0.25) is 5.91 Å². The molecule has 1 unspecified atom stereocenters. The summed E-state index contributed by atoms with van der Waals surface area (Å²) in [6, 6.07) is 14.1. The number of hydrogen-bond acceptors (Lipinski definition) is 4. The number of carbonyl (C=O) groups excluding carboxylic acids is 1. The predicted molar refractivity (Wildman–Crippen MR) is 100 cm³/mol. The zero-order valence-corrected chi connectivity index (χ0v) is 14.7. The third kappa shape index (κ3) is 5.89. The van der Waals surface area contributed by atoms with Crippen molar-refractivity contribution in [2.45, 2.75) is 32.4 Å². The van der Waals surface area contributed by atoms with Crippen LogP contribution in [0.3, 0.4) is 0 Å². The van der Waals surface area contributed by atoms with Crippen LogP contribution in [0.1, 0.15) is 34.8 Å². The van der Waals surface area contributed by atoms with Crippen molar-refractivity contribution in [3.05, 3.63) is 65.2 Å². The highest BCUT2D eigenvalue weighted by Gasteiger charge is 2.09. The molecule has 2 aromatic rings. The van der Waals surface area contributed by atoms with Crippen LogP contribution in [0.15, 0.2) is 48.5 Å². The van der Waals surface area contributed by atoms with Gasteiger partial charge < -0.3 is 20.8 Å². The van der Waals surface area contributed by atoms with Crippen LogP contribution in [0.4, 0.5) is 5.69 Å². The van der Waals surface area contributed by atoms with Gasteiger partial charge in [-0.15, -0.1) is 0 Å². The van der Waals surface area contributed by atoms with Crippen molar-refractivity contribution in [2.75, 3.05) is 11.9 Å². The van der Waals surface area contributed by atoms with Gasteiger partial charge in [0, 0.05) is 12.2 Å². The molecule has 1 amide bonds. The van der Waals surface area contributed by atoms with E-state index < -0.39 is 5.97 Å². The number of aromatic carboxylic acids is 1. The van der Waals surface area contributed by atoms with Crippen molar-refractivity contribution in [3.8, 4) is 0 Å². The van der Waals surface area contributed by atoms with Gasteiger partial charge >= 0.3 is 5.97 Å². The fraction of sp³-hybridized carbons (Fsp3) is 0.300. The Balaban J connectivity index is 1.88. The van der Waals surface area contributed by atoms with Gasteiger partial charge in [-0.05, 0) is 41.8 Å². The number of nitrogens with one attached hydrogen (secondary N) is 2. The lowest BCUT2D eigenvalue weighted by Crippen LogP contribution is -2.37. The summed E-state index contributed by atoms with van der Waals surface area (Å²) in [5, 5.41) is 24.2. The fourth-order valence-corrected chi connectivity index (χ4v) is 2.50. The normalized spacial score (nSPS) is 11.6. The first-order valence-corrected chi connectivity index (χ1v) is 8.57. The van der Waals surface area contributed by atoms with Crippen LogP contribution >= 0.6 is 0 Å². The predicted octanol–water partition coefficient (Wildman–Crippen LogP) is 2.43. The van der Waals surface area contributed by atoms with E-state index in [0.29, 0.717) is 13.0 Å². The maximum absolute atomic E-state index is 11.9. The highest BCUT2D eigenvalue weighted by Crippen LogP contribution is 2.13. The highest BCUT2D eigenvalue weighted by atomic mass is 16.4. The summed E-state index contributed by atoms with van der Waals surface area (Å²) < 4.78 is 0. The molecule has 6 heteroatoms. The van der Waals surface area contributed by atoms with Gasteiger partial charge in [0.15, 0.2) is 0 Å². The molecule has 0 saturated carbocycles. The number of carbonyl (C=O) groups is 2. The number of rotatable bonds is 9. The van der Waals surface area contributed by atoms with E-state index in [1.54, 1.807) is 18.2 Å². The number of carboxylic acid groups (broad SMARTS) is 1. The molecule has 1 atom stereocenters. The standard InChI is InChI=1S/C20H24N2O4/c1-2-17(13-23)22-19(24)11-14-6-8-18(9-7-14)21-12-15-4-3-5-16(10-15)20(25)26/h3-10,17,21,23H,2,11-13H2,1H3,(H,22,24)(H,25,26). The Morgan fingerprint density at radius 2 is 1.81 bits per heavy atom. The topological polar surface area (TPSA) is 98.7 Å². The number of carboxylic acids is 1. The van der Waals surface area contributed by atoms with Gasteiger partial charge in [-0.1, -0.05) is 31.2 Å². The number of benzene rings is 2. The monoisotopic (exact) mass is 356 g/mol. The summed E-state index contributed by atoms with van der Waals surface area (Å²) in [5.74, 6) is -1.06. The molecule has 0 aromatic heterocycles. The molecule has 0 aliphatic heterocycles. The van der Waals surface area contributed by atoms with E-state index in [9.17, 15) is 9.59 Å². The van der Waals surface area contributed by atoms with Gasteiger partial charge in [-0.25, -0.2) is 4.79 Å². The van der Waals surface area contributed by atoms with Gasteiger partial charge in [0.1, 0.15) is 0 Å². The minimum atomic E-state index is -0.944. The summed E-state index contributed by atoms with van der Waals surface area (Å²) in [4.78, 5) is 22.9. The molecule has 0 radical (unpaired) electrons. The summed E-state index contributed by atoms with van der Waals surface area (Å²) in [6.45, 7) is 2.36. The van der Waals surface area contributed by atoms with Crippen molar-refractivity contribution in [3.63, 3.8) is 0 Å². The second-order valence-corrected chi connectivity index (χ2v) is 6.09. The van der Waals surface area contributed by atoms with Crippen LogP contribution in [0.25, 0.3) is 0 Å². The van der Waals surface area contributed by atoms with Crippen LogP contribution in [-0.2, 0) is 17.8 Å². The molecular weight excluding hydrogens is 332 g/mol. The van der Waals surface area contributed by atoms with E-state index in [0.717, 1.165) is 16.8 Å². The van der Waals surface area contributed by atoms with Gasteiger partial charge in [0.05, 0.1) is 24.6 Å². The first-order valence-electron chi connectivity index (χ1n) is 8.57. The number of aliphatic hydroxyl groups is 1. The minimum Gasteiger partial charge on any atom is -0.478 e. The van der Waals surface area contributed by atoms with Crippen LogP contribution in [-0.4, -0.2) is 34.7 Å². The Morgan fingerprint density at radius 3 is 2.42 bits per heavy atom. The molecule has 0 spiro atoms. The summed E-state index contributed by atoms with van der Waals surface area (Å²) in [7, 11) is 0. The molecule has 0 saturated heterocycles. The van der Waals surface area contributed by atoms with Gasteiger partial charge in [0.25, 0.3) is 0 Å². The largest absolute Gasteiger partial charge is 0.478 e. The maximum atomic E-state index is 11.9. The zero-order chi connectivity index (χ0) is 18.9. The molecule has 0 aliphatic carbocycles. The molecule has 2 rings (SSSR count). The van der Waals surface area contributed by atoms with Crippen LogP contribution in [0.2, 0.25) is 0 Å². The summed E-state index contributed by atoms with van der Waals surface area (Å²) in [6.07, 6.45) is 0.950. The second-order valence-electron chi connectivity index (χ2n) is 6.09. The molecule has 0 fully saturated rings. The number of aliphatic hydroxyl groups excluding tert-OH is 1. The maximum Gasteiger partial charge on any atom is 0.335 e. The van der Waals surface area contributed by atoms with Crippen LogP contribution in [0, 0.1) is 0 Å².